The Labute approximate surface area is 113 Å². The Morgan fingerprint density at radius 3 is 2.00 bits per heavy atom. The molecule has 1 rings (SSSR count). The molecule has 0 aliphatic rings. The lowest BCUT2D eigenvalue weighted by Gasteiger charge is -2.19. The van der Waals surface area contributed by atoms with Crippen molar-refractivity contribution >= 4 is 11.9 Å². The van der Waals surface area contributed by atoms with E-state index < -0.39 is 11.6 Å². The fraction of sp³-hybridized carbons (Fsp3) is 0.467. The van der Waals surface area contributed by atoms with Crippen molar-refractivity contribution in [1.82, 2.24) is 0 Å². The maximum absolute atomic E-state index is 11.8. The highest BCUT2D eigenvalue weighted by atomic mass is 16.6. The van der Waals surface area contributed by atoms with E-state index in [4.69, 9.17) is 9.47 Å². The third kappa shape index (κ3) is 5.12. The van der Waals surface area contributed by atoms with Gasteiger partial charge in [0.2, 0.25) is 0 Å². The first-order chi connectivity index (χ1) is 8.69. The first-order valence-electron chi connectivity index (χ1n) is 6.24. The molecule has 4 heteroatoms. The van der Waals surface area contributed by atoms with Gasteiger partial charge in [0.1, 0.15) is 11.4 Å². The summed E-state index contributed by atoms with van der Waals surface area (Å²) in [5.74, 6) is -0.462. The average Bonchev–Trinajstić information content (AvgIpc) is 2.27. The average molecular weight is 264 g/mol. The minimum absolute atomic E-state index is 0.189. The van der Waals surface area contributed by atoms with Gasteiger partial charge >= 0.3 is 11.9 Å². The quantitative estimate of drug-likeness (QED) is 0.621. The minimum Gasteiger partial charge on any atom is -0.456 e. The molecule has 0 aliphatic carbocycles. The molecule has 104 valence electrons. The van der Waals surface area contributed by atoms with Gasteiger partial charge in [0.05, 0.1) is 11.5 Å². The molecule has 1 aromatic carbocycles. The summed E-state index contributed by atoms with van der Waals surface area (Å²) < 4.78 is 10.4. The van der Waals surface area contributed by atoms with Crippen molar-refractivity contribution in [3.63, 3.8) is 0 Å². The standard InChI is InChI=1S/C15H20O4/c1-10(2)13(16)18-12-8-6-11(7-9-12)14(17)19-15(3,4)5/h6-10H,1-5H3. The first-order valence-corrected chi connectivity index (χ1v) is 6.24. The van der Waals surface area contributed by atoms with Crippen LogP contribution in [0.5, 0.6) is 5.75 Å². The van der Waals surface area contributed by atoms with Crippen molar-refractivity contribution in [2.75, 3.05) is 0 Å². The number of ether oxygens (including phenoxy) is 2. The van der Waals surface area contributed by atoms with E-state index in [1.165, 1.54) is 0 Å². The smallest absolute Gasteiger partial charge is 0.338 e. The van der Waals surface area contributed by atoms with Crippen LogP contribution in [0.15, 0.2) is 24.3 Å². The van der Waals surface area contributed by atoms with Crippen LogP contribution in [-0.2, 0) is 9.53 Å². The Morgan fingerprint density at radius 1 is 1.05 bits per heavy atom. The fourth-order valence-corrected chi connectivity index (χ4v) is 1.23. The second-order valence-electron chi connectivity index (χ2n) is 5.60. The van der Waals surface area contributed by atoms with Crippen molar-refractivity contribution < 1.29 is 19.1 Å². The molecule has 0 aliphatic heterocycles. The van der Waals surface area contributed by atoms with Gasteiger partial charge in [-0.2, -0.15) is 0 Å². The maximum Gasteiger partial charge on any atom is 0.338 e. The number of hydrogen-bond acceptors (Lipinski definition) is 4. The van der Waals surface area contributed by atoms with Crippen LogP contribution in [0.3, 0.4) is 0 Å². The summed E-state index contributed by atoms with van der Waals surface area (Å²) in [6.07, 6.45) is 0. The monoisotopic (exact) mass is 264 g/mol. The second-order valence-corrected chi connectivity index (χ2v) is 5.60. The lowest BCUT2D eigenvalue weighted by molar-refractivity contribution is -0.137. The van der Waals surface area contributed by atoms with Crippen LogP contribution in [0.4, 0.5) is 0 Å². The van der Waals surface area contributed by atoms with Gasteiger partial charge in [-0.25, -0.2) is 4.79 Å². The number of esters is 2. The summed E-state index contributed by atoms with van der Waals surface area (Å²) in [5, 5.41) is 0. The molecule has 0 aromatic heterocycles. The van der Waals surface area contributed by atoms with Crippen LogP contribution in [0, 0.1) is 5.92 Å². The largest absolute Gasteiger partial charge is 0.456 e. The molecule has 0 heterocycles. The van der Waals surface area contributed by atoms with Gasteiger partial charge in [0.15, 0.2) is 0 Å². The molecule has 0 spiro atoms. The molecular formula is C15H20O4. The molecule has 19 heavy (non-hydrogen) atoms. The van der Waals surface area contributed by atoms with Gasteiger partial charge in [-0.05, 0) is 45.0 Å². The normalized spacial score (nSPS) is 11.3. The SMILES string of the molecule is CC(C)C(=O)Oc1ccc(C(=O)OC(C)(C)C)cc1. The van der Waals surface area contributed by atoms with E-state index in [0.29, 0.717) is 11.3 Å². The Morgan fingerprint density at radius 2 is 1.58 bits per heavy atom. The Hall–Kier alpha value is -1.84. The van der Waals surface area contributed by atoms with E-state index in [1.807, 2.05) is 20.8 Å². The molecule has 0 saturated carbocycles. The molecule has 0 fully saturated rings. The zero-order valence-corrected chi connectivity index (χ0v) is 12.0. The highest BCUT2D eigenvalue weighted by molar-refractivity contribution is 5.89. The second kappa shape index (κ2) is 5.87. The van der Waals surface area contributed by atoms with Crippen LogP contribution in [-0.4, -0.2) is 17.5 Å². The number of benzene rings is 1. The summed E-state index contributed by atoms with van der Waals surface area (Å²) in [4.78, 5) is 23.2. The van der Waals surface area contributed by atoms with E-state index in [0.717, 1.165) is 0 Å². The highest BCUT2D eigenvalue weighted by Crippen LogP contribution is 2.17. The van der Waals surface area contributed by atoms with Crippen LogP contribution < -0.4 is 4.74 Å². The lowest BCUT2D eigenvalue weighted by atomic mass is 10.1. The third-order valence-electron chi connectivity index (χ3n) is 2.18. The molecule has 4 nitrogen and oxygen atoms in total. The molecule has 0 saturated heterocycles. The van der Waals surface area contributed by atoms with Crippen molar-refractivity contribution in [1.29, 1.82) is 0 Å². The van der Waals surface area contributed by atoms with E-state index in [2.05, 4.69) is 0 Å². The summed E-state index contributed by atoms with van der Waals surface area (Å²) in [6.45, 7) is 8.95. The van der Waals surface area contributed by atoms with Gasteiger partial charge in [0.25, 0.3) is 0 Å². The van der Waals surface area contributed by atoms with E-state index in [-0.39, 0.29) is 11.9 Å². The van der Waals surface area contributed by atoms with Gasteiger partial charge in [0, 0.05) is 0 Å². The first kappa shape index (κ1) is 15.2. The fourth-order valence-electron chi connectivity index (χ4n) is 1.23. The molecule has 0 N–H and O–H groups in total. The van der Waals surface area contributed by atoms with Crippen LogP contribution in [0.1, 0.15) is 45.0 Å². The Kier molecular flexibility index (Phi) is 4.70. The maximum atomic E-state index is 11.8. The zero-order valence-electron chi connectivity index (χ0n) is 12.0. The van der Waals surface area contributed by atoms with Crippen molar-refractivity contribution in [2.45, 2.75) is 40.2 Å². The van der Waals surface area contributed by atoms with Gasteiger partial charge in [-0.3, -0.25) is 4.79 Å². The van der Waals surface area contributed by atoms with Gasteiger partial charge in [-0.15, -0.1) is 0 Å². The molecule has 1 aromatic rings. The number of carbonyl (C=O) groups is 2. The molecule has 0 atom stereocenters. The highest BCUT2D eigenvalue weighted by Gasteiger charge is 2.18. The topological polar surface area (TPSA) is 52.6 Å². The third-order valence-corrected chi connectivity index (χ3v) is 2.18. The summed E-state index contributed by atoms with van der Waals surface area (Å²) in [6, 6.07) is 6.33. The number of rotatable bonds is 3. The Bertz CT molecular complexity index is 452. The summed E-state index contributed by atoms with van der Waals surface area (Å²) >= 11 is 0. The van der Waals surface area contributed by atoms with Crippen LogP contribution in [0.25, 0.3) is 0 Å². The number of hydrogen-bond donors (Lipinski definition) is 0. The summed E-state index contributed by atoms with van der Waals surface area (Å²) in [7, 11) is 0. The van der Waals surface area contributed by atoms with Crippen LogP contribution >= 0.6 is 0 Å². The molecule has 0 amide bonds. The van der Waals surface area contributed by atoms with Crippen LogP contribution in [0.2, 0.25) is 0 Å². The van der Waals surface area contributed by atoms with Gasteiger partial charge < -0.3 is 9.47 Å². The Balaban J connectivity index is 2.71. The zero-order chi connectivity index (χ0) is 14.6. The van der Waals surface area contributed by atoms with E-state index in [1.54, 1.807) is 38.1 Å². The molecule has 0 bridgehead atoms. The van der Waals surface area contributed by atoms with Crippen molar-refractivity contribution in [3.8, 4) is 5.75 Å². The van der Waals surface area contributed by atoms with Crippen molar-refractivity contribution in [3.05, 3.63) is 29.8 Å². The molecule has 0 radical (unpaired) electrons. The predicted molar refractivity (Wildman–Crippen MR) is 72.1 cm³/mol. The minimum atomic E-state index is -0.528. The molecule has 0 unspecified atom stereocenters. The van der Waals surface area contributed by atoms with Gasteiger partial charge in [-0.1, -0.05) is 13.8 Å². The summed E-state index contributed by atoms with van der Waals surface area (Å²) in [5.41, 5.74) is -0.0980. The lowest BCUT2D eigenvalue weighted by Crippen LogP contribution is -2.23. The van der Waals surface area contributed by atoms with E-state index in [9.17, 15) is 9.59 Å². The number of carbonyl (C=O) groups excluding carboxylic acids is 2. The van der Waals surface area contributed by atoms with E-state index >= 15 is 0 Å². The van der Waals surface area contributed by atoms with Crippen molar-refractivity contribution in [2.24, 2.45) is 5.92 Å². The molecular weight excluding hydrogens is 244 g/mol. The predicted octanol–water partition coefficient (Wildman–Crippen LogP) is 3.20.